The SMILES string of the molecule is O=C1OC2(c3cc(F)c(OP(=O)([O-])[O-])cc3Oc3cc(OP(=O)([O-])[O-])c(F)cc32)c2ccccc21. The Kier molecular flexibility index (Phi) is 5.08. The van der Waals surface area contributed by atoms with Crippen molar-refractivity contribution in [3.05, 3.63) is 82.4 Å². The molecular formula is C20H8F2O11P2-4. The van der Waals surface area contributed by atoms with E-state index in [4.69, 9.17) is 9.47 Å². The molecule has 0 atom stereocenters. The third-order valence-corrected chi connectivity index (χ3v) is 6.08. The Morgan fingerprint density at radius 3 is 1.74 bits per heavy atom. The number of carbonyl (C=O) groups excluding carboxylic acids is 1. The van der Waals surface area contributed by atoms with E-state index in [0.717, 1.165) is 0 Å². The number of phosphoric acid groups is 2. The highest BCUT2D eigenvalue weighted by Crippen LogP contribution is 2.58. The molecule has 0 radical (unpaired) electrons. The molecule has 2 heterocycles. The maximum atomic E-state index is 14.8. The number of carbonyl (C=O) groups is 1. The lowest BCUT2D eigenvalue weighted by Gasteiger charge is -2.38. The van der Waals surface area contributed by atoms with Gasteiger partial charge in [0.05, 0.1) is 16.7 Å². The molecule has 0 bridgehead atoms. The zero-order valence-corrected chi connectivity index (χ0v) is 18.5. The average Bonchev–Trinajstić information content (AvgIpc) is 3.03. The largest absolute Gasteiger partial charge is 0.780 e. The van der Waals surface area contributed by atoms with Crippen LogP contribution in [0.25, 0.3) is 0 Å². The minimum absolute atomic E-state index is 0.0278. The number of halogens is 2. The third kappa shape index (κ3) is 3.88. The van der Waals surface area contributed by atoms with Crippen molar-refractivity contribution in [2.75, 3.05) is 0 Å². The second kappa shape index (κ2) is 7.59. The van der Waals surface area contributed by atoms with Gasteiger partial charge in [0.2, 0.25) is 0 Å². The van der Waals surface area contributed by atoms with Crippen LogP contribution in [-0.2, 0) is 19.5 Å². The van der Waals surface area contributed by atoms with Crippen LogP contribution in [0.3, 0.4) is 0 Å². The second-order valence-electron chi connectivity index (χ2n) is 7.35. The van der Waals surface area contributed by atoms with Gasteiger partial charge in [-0.2, -0.15) is 0 Å². The van der Waals surface area contributed by atoms with Crippen LogP contribution >= 0.6 is 15.6 Å². The number of benzene rings is 3. The van der Waals surface area contributed by atoms with Crippen molar-refractivity contribution in [2.45, 2.75) is 5.60 Å². The second-order valence-corrected chi connectivity index (χ2v) is 9.51. The predicted molar refractivity (Wildman–Crippen MR) is 101 cm³/mol. The monoisotopic (exact) mass is 524 g/mol. The summed E-state index contributed by atoms with van der Waals surface area (Å²) in [5.41, 5.74) is -2.36. The molecule has 0 aliphatic carbocycles. The van der Waals surface area contributed by atoms with E-state index in [2.05, 4.69) is 9.05 Å². The van der Waals surface area contributed by atoms with Crippen molar-refractivity contribution < 1.29 is 60.8 Å². The first-order chi connectivity index (χ1) is 16.3. The highest BCUT2D eigenvalue weighted by atomic mass is 31.2. The Balaban J connectivity index is 1.81. The van der Waals surface area contributed by atoms with Crippen LogP contribution < -0.4 is 33.4 Å². The first-order valence-electron chi connectivity index (χ1n) is 9.40. The van der Waals surface area contributed by atoms with E-state index in [1.165, 1.54) is 24.3 Å². The molecule has 0 unspecified atom stereocenters. The molecule has 0 fully saturated rings. The molecule has 2 aliphatic rings. The maximum absolute atomic E-state index is 14.8. The fraction of sp³-hybridized carbons (Fsp3) is 0.0500. The molecule has 3 aromatic rings. The van der Waals surface area contributed by atoms with E-state index in [1.54, 1.807) is 0 Å². The maximum Gasteiger partial charge on any atom is 0.340 e. The van der Waals surface area contributed by atoms with Crippen molar-refractivity contribution in [1.29, 1.82) is 0 Å². The summed E-state index contributed by atoms with van der Waals surface area (Å²) in [5, 5.41) is 0. The van der Waals surface area contributed by atoms with Crippen LogP contribution in [0, 0.1) is 11.6 Å². The van der Waals surface area contributed by atoms with Crippen LogP contribution in [0.4, 0.5) is 8.78 Å². The van der Waals surface area contributed by atoms with Gasteiger partial charge in [-0.25, -0.2) is 13.6 Å². The van der Waals surface area contributed by atoms with Gasteiger partial charge < -0.3 is 47.2 Å². The van der Waals surface area contributed by atoms with Crippen LogP contribution in [-0.4, -0.2) is 5.97 Å². The number of phosphoric ester groups is 2. The molecule has 35 heavy (non-hydrogen) atoms. The Morgan fingerprint density at radius 2 is 1.26 bits per heavy atom. The van der Waals surface area contributed by atoms with Gasteiger partial charge in [-0.05, 0) is 18.2 Å². The summed E-state index contributed by atoms with van der Waals surface area (Å²) in [4.78, 5) is 56.8. The molecule has 11 nitrogen and oxygen atoms in total. The zero-order valence-electron chi connectivity index (χ0n) is 16.8. The Hall–Kier alpha value is -3.31. The van der Waals surface area contributed by atoms with Gasteiger partial charge in [-0.15, -0.1) is 0 Å². The Morgan fingerprint density at radius 1 is 0.771 bits per heavy atom. The average molecular weight is 524 g/mol. The molecule has 5 rings (SSSR count). The van der Waals surface area contributed by atoms with Crippen molar-refractivity contribution in [1.82, 2.24) is 0 Å². The van der Waals surface area contributed by atoms with Gasteiger partial charge in [0.15, 0.2) is 28.7 Å². The normalized spacial score (nSPS) is 15.5. The first-order valence-corrected chi connectivity index (χ1v) is 12.3. The zero-order chi connectivity index (χ0) is 25.3. The molecular weight excluding hydrogens is 516 g/mol. The molecule has 0 N–H and O–H groups in total. The van der Waals surface area contributed by atoms with Gasteiger partial charge in [-0.1, -0.05) is 18.2 Å². The topological polar surface area (TPSA) is 180 Å². The smallest absolute Gasteiger partial charge is 0.340 e. The van der Waals surface area contributed by atoms with Crippen molar-refractivity contribution in [2.24, 2.45) is 0 Å². The summed E-state index contributed by atoms with van der Waals surface area (Å²) in [6.45, 7) is 0. The number of hydrogen-bond acceptors (Lipinski definition) is 11. The molecule has 0 aromatic heterocycles. The Labute approximate surface area is 193 Å². The van der Waals surface area contributed by atoms with Crippen LogP contribution in [0.15, 0.2) is 48.5 Å². The van der Waals surface area contributed by atoms with Gasteiger partial charge in [0.25, 0.3) is 0 Å². The quantitative estimate of drug-likeness (QED) is 0.350. The van der Waals surface area contributed by atoms with Gasteiger partial charge >= 0.3 is 5.97 Å². The number of hydrogen-bond donors (Lipinski definition) is 0. The molecule has 15 heteroatoms. The lowest BCUT2D eigenvalue weighted by molar-refractivity contribution is -0.335. The number of rotatable bonds is 4. The summed E-state index contributed by atoms with van der Waals surface area (Å²) in [7, 11) is -11.4. The summed E-state index contributed by atoms with van der Waals surface area (Å²) in [6.07, 6.45) is 0. The van der Waals surface area contributed by atoms with Crippen molar-refractivity contribution in [3.63, 3.8) is 0 Å². The first kappa shape index (κ1) is 23.4. The summed E-state index contributed by atoms with van der Waals surface area (Å²) >= 11 is 0. The highest BCUT2D eigenvalue weighted by Gasteiger charge is 2.54. The van der Waals surface area contributed by atoms with E-state index in [1.807, 2.05) is 0 Å². The lowest BCUT2D eigenvalue weighted by atomic mass is 9.77. The molecule has 182 valence electrons. The van der Waals surface area contributed by atoms with E-state index < -0.39 is 61.8 Å². The van der Waals surface area contributed by atoms with Crippen LogP contribution in [0.1, 0.15) is 27.0 Å². The van der Waals surface area contributed by atoms with E-state index in [9.17, 15) is 42.3 Å². The minimum atomic E-state index is -5.70. The molecule has 0 saturated heterocycles. The predicted octanol–water partition coefficient (Wildman–Crippen LogP) is 0.948. The number of esters is 1. The summed E-state index contributed by atoms with van der Waals surface area (Å²) in [5.74, 6) is -6.45. The molecule has 3 aromatic carbocycles. The van der Waals surface area contributed by atoms with E-state index in [-0.39, 0.29) is 22.3 Å². The summed E-state index contributed by atoms with van der Waals surface area (Å²) < 4.78 is 71.1. The molecule has 2 aliphatic heterocycles. The van der Waals surface area contributed by atoms with Gasteiger partial charge in [0.1, 0.15) is 27.1 Å². The van der Waals surface area contributed by atoms with Gasteiger partial charge in [-0.3, -0.25) is 0 Å². The third-order valence-electron chi connectivity index (χ3n) is 5.24. The van der Waals surface area contributed by atoms with E-state index >= 15 is 0 Å². The fourth-order valence-corrected chi connectivity index (χ4v) is 4.81. The van der Waals surface area contributed by atoms with E-state index in [0.29, 0.717) is 24.3 Å². The number of ether oxygens (including phenoxy) is 2. The van der Waals surface area contributed by atoms with Crippen molar-refractivity contribution in [3.8, 4) is 23.0 Å². The standard InChI is InChI=1S/C20H12F2O11P2/c21-13-5-11-15(7-17(13)32-34(24,25)26)30-16-8-18(33-35(27,28)29)14(22)6-12(16)20(11)10-4-2-1-3-9(10)19(23)31-20/h1-8H,(H2,24,25,26)(H2,27,28,29)/p-4. The summed E-state index contributed by atoms with van der Waals surface area (Å²) in [6, 6.07) is 8.57. The molecule has 0 amide bonds. The molecule has 0 saturated carbocycles. The fourth-order valence-electron chi connectivity index (χ4n) is 4.05. The van der Waals surface area contributed by atoms with Crippen LogP contribution in [0.2, 0.25) is 0 Å². The Bertz CT molecular complexity index is 1430. The van der Waals surface area contributed by atoms with Crippen LogP contribution in [0.5, 0.6) is 23.0 Å². The number of fused-ring (bicyclic) bond motifs is 6. The van der Waals surface area contributed by atoms with Crippen molar-refractivity contribution >= 4 is 21.6 Å². The molecule has 1 spiro atoms. The highest BCUT2D eigenvalue weighted by molar-refractivity contribution is 7.43. The minimum Gasteiger partial charge on any atom is -0.780 e. The van der Waals surface area contributed by atoms with Gasteiger partial charge in [0, 0.05) is 17.7 Å². The lowest BCUT2D eigenvalue weighted by Crippen LogP contribution is -2.33.